The molecule has 7 heteroatoms. The number of phenolic OH excluding ortho intramolecular Hbond substituents is 1. The predicted octanol–water partition coefficient (Wildman–Crippen LogP) is 2.16. The van der Waals surface area contributed by atoms with E-state index < -0.39 is 11.9 Å². The van der Waals surface area contributed by atoms with E-state index in [9.17, 15) is 14.7 Å². The van der Waals surface area contributed by atoms with Gasteiger partial charge in [0.1, 0.15) is 12.3 Å². The van der Waals surface area contributed by atoms with Gasteiger partial charge in [0.15, 0.2) is 11.5 Å². The minimum absolute atomic E-state index is 0.0552. The Morgan fingerprint density at radius 1 is 1.23 bits per heavy atom. The van der Waals surface area contributed by atoms with Gasteiger partial charge in [-0.1, -0.05) is 18.2 Å². The van der Waals surface area contributed by atoms with E-state index in [4.69, 9.17) is 14.2 Å². The zero-order chi connectivity index (χ0) is 18.3. The maximum Gasteiger partial charge on any atom is 0.326 e. The fraction of sp³-hybridized carbons (Fsp3) is 0.263. The van der Waals surface area contributed by atoms with Gasteiger partial charge in [-0.05, 0) is 24.6 Å². The molecule has 1 unspecified atom stereocenters. The number of amides is 1. The summed E-state index contributed by atoms with van der Waals surface area (Å²) >= 11 is 0. The molecule has 2 aliphatic rings. The maximum absolute atomic E-state index is 13.1. The molecule has 0 spiro atoms. The van der Waals surface area contributed by atoms with Crippen LogP contribution >= 0.6 is 0 Å². The van der Waals surface area contributed by atoms with Crippen LogP contribution in [0, 0.1) is 0 Å². The van der Waals surface area contributed by atoms with Crippen molar-refractivity contribution in [3.63, 3.8) is 0 Å². The molecular weight excluding hydrogens is 338 g/mol. The van der Waals surface area contributed by atoms with Crippen LogP contribution in [0.3, 0.4) is 0 Å². The Bertz CT molecular complexity index is 894. The zero-order valence-corrected chi connectivity index (χ0v) is 14.1. The Kier molecular flexibility index (Phi) is 3.91. The molecule has 0 radical (unpaired) electrons. The van der Waals surface area contributed by atoms with E-state index in [0.29, 0.717) is 22.7 Å². The number of carbonyl (C=O) groups excluding carboxylic acids is 2. The van der Waals surface area contributed by atoms with Crippen LogP contribution in [0.15, 0.2) is 36.4 Å². The van der Waals surface area contributed by atoms with E-state index in [2.05, 4.69) is 0 Å². The van der Waals surface area contributed by atoms with Crippen molar-refractivity contribution in [1.29, 1.82) is 0 Å². The van der Waals surface area contributed by atoms with Gasteiger partial charge in [0, 0.05) is 17.3 Å². The van der Waals surface area contributed by atoms with Crippen LogP contribution < -0.4 is 14.4 Å². The second-order valence-electron chi connectivity index (χ2n) is 5.99. The normalized spacial score (nSPS) is 17.3. The highest BCUT2D eigenvalue weighted by Crippen LogP contribution is 2.47. The number of esters is 1. The highest BCUT2D eigenvalue weighted by atomic mass is 16.7. The highest BCUT2D eigenvalue weighted by molar-refractivity contribution is 6.09. The second kappa shape index (κ2) is 6.25. The van der Waals surface area contributed by atoms with Gasteiger partial charge in [-0.2, -0.15) is 0 Å². The molecule has 4 rings (SSSR count). The Hall–Kier alpha value is -3.22. The van der Waals surface area contributed by atoms with Crippen LogP contribution in [0.2, 0.25) is 0 Å². The van der Waals surface area contributed by atoms with Crippen molar-refractivity contribution < 1.29 is 28.9 Å². The molecule has 0 saturated heterocycles. The first-order valence-electron chi connectivity index (χ1n) is 8.28. The molecule has 0 saturated carbocycles. The topological polar surface area (TPSA) is 85.3 Å². The maximum atomic E-state index is 13.1. The molecule has 1 atom stereocenters. The summed E-state index contributed by atoms with van der Waals surface area (Å²) < 4.78 is 15.6. The van der Waals surface area contributed by atoms with Gasteiger partial charge >= 0.3 is 5.97 Å². The van der Waals surface area contributed by atoms with Gasteiger partial charge in [-0.15, -0.1) is 0 Å². The number of rotatable bonds is 4. The van der Waals surface area contributed by atoms with Crippen LogP contribution in [0.25, 0.3) is 0 Å². The summed E-state index contributed by atoms with van der Waals surface area (Å²) in [5.74, 6) is -0.643. The first-order valence-corrected chi connectivity index (χ1v) is 8.28. The minimum Gasteiger partial charge on any atom is -0.507 e. The number of ether oxygens (including phenoxy) is 3. The molecule has 0 aromatic heterocycles. The first-order chi connectivity index (χ1) is 12.6. The quantitative estimate of drug-likeness (QED) is 0.846. The van der Waals surface area contributed by atoms with E-state index in [-0.39, 0.29) is 31.6 Å². The summed E-state index contributed by atoms with van der Waals surface area (Å²) in [5.41, 5.74) is 1.77. The number of nitrogens with zero attached hydrogens (tertiary/aromatic N) is 1. The SMILES string of the molecule is CCOC(=O)CN1C(=O)C(c2cc3c(cc2O)OCO3)c2ccccc21. The molecule has 0 aliphatic carbocycles. The van der Waals surface area contributed by atoms with E-state index in [0.717, 1.165) is 5.56 Å². The molecule has 2 aromatic rings. The third-order valence-corrected chi connectivity index (χ3v) is 4.48. The predicted molar refractivity (Wildman–Crippen MR) is 91.5 cm³/mol. The lowest BCUT2D eigenvalue weighted by atomic mass is 9.91. The summed E-state index contributed by atoms with van der Waals surface area (Å²) in [4.78, 5) is 26.4. The Labute approximate surface area is 149 Å². The zero-order valence-electron chi connectivity index (χ0n) is 14.1. The van der Waals surface area contributed by atoms with Crippen molar-refractivity contribution in [3.8, 4) is 17.2 Å². The van der Waals surface area contributed by atoms with Crippen LogP contribution in [-0.2, 0) is 14.3 Å². The Morgan fingerprint density at radius 2 is 1.96 bits per heavy atom. The van der Waals surface area contributed by atoms with Crippen molar-refractivity contribution in [2.45, 2.75) is 12.8 Å². The first kappa shape index (κ1) is 16.3. The van der Waals surface area contributed by atoms with Crippen molar-refractivity contribution in [2.24, 2.45) is 0 Å². The third-order valence-electron chi connectivity index (χ3n) is 4.48. The monoisotopic (exact) mass is 355 g/mol. The Balaban J connectivity index is 1.76. The average molecular weight is 355 g/mol. The van der Waals surface area contributed by atoms with Crippen molar-refractivity contribution in [3.05, 3.63) is 47.5 Å². The number of para-hydroxylation sites is 1. The highest BCUT2D eigenvalue weighted by Gasteiger charge is 2.41. The van der Waals surface area contributed by atoms with Crippen LogP contribution in [-0.4, -0.2) is 36.9 Å². The van der Waals surface area contributed by atoms with Crippen LogP contribution in [0.5, 0.6) is 17.2 Å². The molecule has 0 fully saturated rings. The molecule has 0 bridgehead atoms. The molecule has 1 amide bonds. The lowest BCUT2D eigenvalue weighted by Gasteiger charge is -2.17. The van der Waals surface area contributed by atoms with Crippen LogP contribution in [0.1, 0.15) is 24.0 Å². The smallest absolute Gasteiger partial charge is 0.326 e. The van der Waals surface area contributed by atoms with E-state index >= 15 is 0 Å². The van der Waals surface area contributed by atoms with Gasteiger partial charge in [0.25, 0.3) is 0 Å². The van der Waals surface area contributed by atoms with Gasteiger partial charge in [-0.3, -0.25) is 9.59 Å². The lowest BCUT2D eigenvalue weighted by molar-refractivity contribution is -0.142. The van der Waals surface area contributed by atoms with Crippen molar-refractivity contribution >= 4 is 17.6 Å². The van der Waals surface area contributed by atoms with Gasteiger partial charge in [0.05, 0.1) is 12.5 Å². The molecule has 1 N–H and O–H groups in total. The molecule has 2 aromatic carbocycles. The van der Waals surface area contributed by atoms with Crippen LogP contribution in [0.4, 0.5) is 5.69 Å². The number of benzene rings is 2. The van der Waals surface area contributed by atoms with E-state index in [1.807, 2.05) is 12.1 Å². The number of fused-ring (bicyclic) bond motifs is 2. The molecule has 134 valence electrons. The van der Waals surface area contributed by atoms with Crippen molar-refractivity contribution in [1.82, 2.24) is 0 Å². The van der Waals surface area contributed by atoms with E-state index in [1.165, 1.54) is 11.0 Å². The molecular formula is C19H17NO6. The molecule has 2 aliphatic heterocycles. The van der Waals surface area contributed by atoms with Crippen molar-refractivity contribution in [2.75, 3.05) is 24.8 Å². The number of hydrogen-bond acceptors (Lipinski definition) is 6. The van der Waals surface area contributed by atoms with Gasteiger partial charge < -0.3 is 24.2 Å². The van der Waals surface area contributed by atoms with E-state index in [1.54, 1.807) is 25.1 Å². The van der Waals surface area contributed by atoms with Gasteiger partial charge in [-0.25, -0.2) is 0 Å². The number of anilines is 1. The second-order valence-corrected chi connectivity index (χ2v) is 5.99. The number of carbonyl (C=O) groups is 2. The Morgan fingerprint density at radius 3 is 2.73 bits per heavy atom. The fourth-order valence-electron chi connectivity index (χ4n) is 3.36. The molecule has 2 heterocycles. The fourth-order valence-corrected chi connectivity index (χ4v) is 3.36. The summed E-state index contributed by atoms with van der Waals surface area (Å²) in [7, 11) is 0. The van der Waals surface area contributed by atoms with Gasteiger partial charge in [0.2, 0.25) is 12.7 Å². The largest absolute Gasteiger partial charge is 0.507 e. The summed E-state index contributed by atoms with van der Waals surface area (Å²) in [6.07, 6.45) is 0. The third kappa shape index (κ3) is 2.52. The molecule has 26 heavy (non-hydrogen) atoms. The molecule has 7 nitrogen and oxygen atoms in total. The standard InChI is InChI=1S/C19H17NO6/c1-2-24-17(22)9-20-13-6-4-3-5-11(13)18(19(20)23)12-7-15-16(8-14(12)21)26-10-25-15/h3-8,18,21H,2,9-10H2,1H3. The summed E-state index contributed by atoms with van der Waals surface area (Å²) in [6.45, 7) is 1.86. The summed E-state index contributed by atoms with van der Waals surface area (Å²) in [6, 6.07) is 10.3. The average Bonchev–Trinajstić information content (AvgIpc) is 3.17. The number of hydrogen-bond donors (Lipinski definition) is 1. The number of aromatic hydroxyl groups is 1. The summed E-state index contributed by atoms with van der Waals surface area (Å²) in [5, 5.41) is 10.4. The minimum atomic E-state index is -0.727. The lowest BCUT2D eigenvalue weighted by Crippen LogP contribution is -2.35. The number of phenols is 1.